The number of carbonyl (C=O) groups is 1. The number of nitrogens with zero attached hydrogens (tertiary/aromatic N) is 3. The summed E-state index contributed by atoms with van der Waals surface area (Å²) in [6.07, 6.45) is 0.191. The van der Waals surface area contributed by atoms with Gasteiger partial charge in [-0.1, -0.05) is 23.4 Å². The van der Waals surface area contributed by atoms with Crippen molar-refractivity contribution in [2.45, 2.75) is 18.9 Å². The van der Waals surface area contributed by atoms with Gasteiger partial charge in [0.25, 0.3) is 0 Å². The van der Waals surface area contributed by atoms with Crippen LogP contribution in [-0.4, -0.2) is 34.6 Å². The summed E-state index contributed by atoms with van der Waals surface area (Å²) in [5.41, 5.74) is 0.949. The van der Waals surface area contributed by atoms with Gasteiger partial charge in [-0.15, -0.1) is 0 Å². The summed E-state index contributed by atoms with van der Waals surface area (Å²) in [4.78, 5) is 18.3. The number of methoxy groups -OCH3 is 1. The number of carbonyl (C=O) groups excluding carboxylic acids is 1. The molecule has 0 spiro atoms. The number of ether oxygens (including phenoxy) is 1. The Balaban J connectivity index is 1.51. The molecule has 8 heteroatoms. The van der Waals surface area contributed by atoms with Crippen molar-refractivity contribution in [3.8, 4) is 17.1 Å². The predicted octanol–water partition coefficient (Wildman–Crippen LogP) is 3.54. The van der Waals surface area contributed by atoms with Gasteiger partial charge in [0.1, 0.15) is 17.4 Å². The van der Waals surface area contributed by atoms with E-state index in [4.69, 9.17) is 9.26 Å². The Kier molecular flexibility index (Phi) is 4.77. The highest BCUT2D eigenvalue weighted by Gasteiger charge is 2.34. The van der Waals surface area contributed by atoms with E-state index in [0.717, 1.165) is 6.07 Å². The molecular weight excluding hydrogens is 368 g/mol. The quantitative estimate of drug-likeness (QED) is 0.672. The van der Waals surface area contributed by atoms with Crippen LogP contribution in [0.2, 0.25) is 0 Å². The zero-order valence-electron chi connectivity index (χ0n) is 15.1. The molecule has 3 aromatic rings. The third-order valence-electron chi connectivity index (χ3n) is 4.73. The topological polar surface area (TPSA) is 68.5 Å². The van der Waals surface area contributed by atoms with E-state index in [2.05, 4.69) is 10.1 Å². The lowest BCUT2D eigenvalue weighted by Crippen LogP contribution is -2.25. The highest BCUT2D eigenvalue weighted by Crippen LogP contribution is 2.32. The second kappa shape index (κ2) is 7.38. The highest BCUT2D eigenvalue weighted by atomic mass is 19.1. The van der Waals surface area contributed by atoms with E-state index in [1.807, 2.05) is 18.2 Å². The monoisotopic (exact) mass is 385 g/mol. The molecule has 1 aromatic heterocycles. The van der Waals surface area contributed by atoms with E-state index in [-0.39, 0.29) is 30.4 Å². The van der Waals surface area contributed by atoms with Gasteiger partial charge in [-0.25, -0.2) is 8.78 Å². The van der Waals surface area contributed by atoms with Crippen LogP contribution in [0.25, 0.3) is 11.4 Å². The summed E-state index contributed by atoms with van der Waals surface area (Å²) in [5, 5.41) is 4.00. The predicted molar refractivity (Wildman–Crippen MR) is 95.4 cm³/mol. The fraction of sp³-hybridized carbons (Fsp3) is 0.250. The fourth-order valence-corrected chi connectivity index (χ4v) is 3.29. The number of benzene rings is 2. The first-order chi connectivity index (χ1) is 13.5. The van der Waals surface area contributed by atoms with Crippen LogP contribution in [0.4, 0.5) is 8.78 Å². The van der Waals surface area contributed by atoms with Crippen molar-refractivity contribution in [1.82, 2.24) is 15.0 Å². The molecule has 0 N–H and O–H groups in total. The molecule has 0 radical (unpaired) electrons. The van der Waals surface area contributed by atoms with Crippen LogP contribution in [0.1, 0.15) is 23.8 Å². The van der Waals surface area contributed by atoms with Crippen LogP contribution < -0.4 is 4.74 Å². The Hall–Kier alpha value is -3.29. The Bertz CT molecular complexity index is 1020. The molecule has 1 saturated heterocycles. The average Bonchev–Trinajstić information content (AvgIpc) is 3.31. The minimum absolute atomic E-state index is 0.0644. The largest absolute Gasteiger partial charge is 0.496 e. The number of amides is 1. The Labute approximate surface area is 159 Å². The third kappa shape index (κ3) is 3.45. The van der Waals surface area contributed by atoms with E-state index in [1.54, 1.807) is 13.2 Å². The van der Waals surface area contributed by atoms with Gasteiger partial charge in [0, 0.05) is 31.1 Å². The normalized spacial score (nSPS) is 16.6. The summed E-state index contributed by atoms with van der Waals surface area (Å²) in [6, 6.07) is 10.6. The van der Waals surface area contributed by atoms with Gasteiger partial charge in [0.15, 0.2) is 0 Å². The number of hydrogen-bond acceptors (Lipinski definition) is 5. The zero-order chi connectivity index (χ0) is 19.7. The number of aromatic nitrogens is 2. The molecule has 1 fully saturated rings. The van der Waals surface area contributed by atoms with Crippen LogP contribution in [0.5, 0.6) is 5.75 Å². The Morgan fingerprint density at radius 1 is 1.25 bits per heavy atom. The van der Waals surface area contributed by atoms with Crippen LogP contribution in [-0.2, 0) is 11.3 Å². The molecule has 2 aromatic carbocycles. The van der Waals surface area contributed by atoms with Crippen molar-refractivity contribution >= 4 is 5.91 Å². The maximum atomic E-state index is 13.9. The Morgan fingerprint density at radius 2 is 2.07 bits per heavy atom. The molecule has 1 aliphatic rings. The van der Waals surface area contributed by atoms with E-state index in [0.29, 0.717) is 29.6 Å². The summed E-state index contributed by atoms with van der Waals surface area (Å²) >= 11 is 0. The van der Waals surface area contributed by atoms with Crippen molar-refractivity contribution in [2.75, 3.05) is 13.7 Å². The van der Waals surface area contributed by atoms with Crippen LogP contribution in [0, 0.1) is 11.6 Å². The molecule has 0 saturated carbocycles. The van der Waals surface area contributed by atoms with Gasteiger partial charge in [0.05, 0.1) is 18.6 Å². The van der Waals surface area contributed by atoms with Crippen molar-refractivity contribution < 1.29 is 22.8 Å². The standard InChI is InChI=1S/C20H17F2N3O3/c1-27-17-5-3-2-4-15(17)19-23-20(28-24-19)13-8-18(26)25(11-13)10-12-6-7-14(21)9-16(12)22/h2-7,9,13H,8,10-11H2,1H3. The van der Waals surface area contributed by atoms with Crippen LogP contribution in [0.3, 0.4) is 0 Å². The second-order valence-corrected chi connectivity index (χ2v) is 6.57. The van der Waals surface area contributed by atoms with E-state index in [9.17, 15) is 13.6 Å². The van der Waals surface area contributed by atoms with Crippen LogP contribution in [0.15, 0.2) is 47.0 Å². The van der Waals surface area contributed by atoms with E-state index < -0.39 is 11.6 Å². The first kappa shape index (κ1) is 18.1. The Morgan fingerprint density at radius 3 is 2.86 bits per heavy atom. The SMILES string of the molecule is COc1ccccc1-c1noc(C2CC(=O)N(Cc3ccc(F)cc3F)C2)n1. The van der Waals surface area contributed by atoms with Crippen LogP contribution >= 0.6 is 0 Å². The first-order valence-corrected chi connectivity index (χ1v) is 8.74. The summed E-state index contributed by atoms with van der Waals surface area (Å²) in [6.45, 7) is 0.387. The third-order valence-corrected chi connectivity index (χ3v) is 4.73. The number of rotatable bonds is 5. The molecule has 0 aliphatic carbocycles. The van der Waals surface area contributed by atoms with E-state index in [1.165, 1.54) is 17.0 Å². The summed E-state index contributed by atoms with van der Waals surface area (Å²) in [5.74, 6) is -0.420. The molecule has 0 bridgehead atoms. The lowest BCUT2D eigenvalue weighted by Gasteiger charge is -2.16. The number of para-hydroxylation sites is 1. The zero-order valence-corrected chi connectivity index (χ0v) is 15.1. The van der Waals surface area contributed by atoms with Gasteiger partial charge >= 0.3 is 0 Å². The van der Waals surface area contributed by atoms with Gasteiger partial charge in [-0.05, 0) is 18.2 Å². The molecule has 1 unspecified atom stereocenters. The minimum atomic E-state index is -0.674. The number of halogens is 2. The van der Waals surface area contributed by atoms with Gasteiger partial charge in [-0.2, -0.15) is 4.98 Å². The highest BCUT2D eigenvalue weighted by molar-refractivity contribution is 5.79. The molecule has 2 heterocycles. The van der Waals surface area contributed by atoms with Gasteiger partial charge in [0.2, 0.25) is 17.6 Å². The molecule has 4 rings (SSSR count). The summed E-state index contributed by atoms with van der Waals surface area (Å²) < 4.78 is 37.6. The maximum Gasteiger partial charge on any atom is 0.232 e. The second-order valence-electron chi connectivity index (χ2n) is 6.57. The molecular formula is C20H17F2N3O3. The number of hydrogen-bond donors (Lipinski definition) is 0. The molecule has 1 aliphatic heterocycles. The van der Waals surface area contributed by atoms with Crippen molar-refractivity contribution in [3.05, 3.63) is 65.6 Å². The van der Waals surface area contributed by atoms with E-state index >= 15 is 0 Å². The number of likely N-dealkylation sites (tertiary alicyclic amines) is 1. The minimum Gasteiger partial charge on any atom is -0.496 e. The smallest absolute Gasteiger partial charge is 0.232 e. The maximum absolute atomic E-state index is 13.9. The van der Waals surface area contributed by atoms with Crippen molar-refractivity contribution in [2.24, 2.45) is 0 Å². The van der Waals surface area contributed by atoms with Crippen molar-refractivity contribution in [3.63, 3.8) is 0 Å². The molecule has 1 amide bonds. The molecule has 28 heavy (non-hydrogen) atoms. The van der Waals surface area contributed by atoms with Crippen molar-refractivity contribution in [1.29, 1.82) is 0 Å². The lowest BCUT2D eigenvalue weighted by molar-refractivity contribution is -0.128. The summed E-state index contributed by atoms with van der Waals surface area (Å²) in [7, 11) is 1.56. The first-order valence-electron chi connectivity index (χ1n) is 8.74. The molecule has 144 valence electrons. The fourth-order valence-electron chi connectivity index (χ4n) is 3.29. The average molecular weight is 385 g/mol. The molecule has 1 atom stereocenters. The molecule has 6 nitrogen and oxygen atoms in total. The van der Waals surface area contributed by atoms with Gasteiger partial charge < -0.3 is 14.2 Å². The lowest BCUT2D eigenvalue weighted by atomic mass is 10.1. The van der Waals surface area contributed by atoms with Gasteiger partial charge in [-0.3, -0.25) is 4.79 Å².